The third-order valence-electron chi connectivity index (χ3n) is 4.54. The molecular weight excluding hydrogens is 463 g/mol. The Morgan fingerprint density at radius 2 is 2.08 bits per heavy atom. The predicted molar refractivity (Wildman–Crippen MR) is 122 cm³/mol. The second kappa shape index (κ2) is 14.0. The summed E-state index contributed by atoms with van der Waals surface area (Å²) in [5.41, 5.74) is 0. The van der Waals surface area contributed by atoms with E-state index in [0.717, 1.165) is 31.4 Å². The van der Waals surface area contributed by atoms with Crippen LogP contribution in [0.15, 0.2) is 4.99 Å². The van der Waals surface area contributed by atoms with E-state index in [-0.39, 0.29) is 35.8 Å². The van der Waals surface area contributed by atoms with Crippen LogP contribution in [-0.2, 0) is 9.84 Å². The van der Waals surface area contributed by atoms with Gasteiger partial charge in [-0.2, -0.15) is 0 Å². The fourth-order valence-corrected chi connectivity index (χ4v) is 3.93. The Kier molecular flexibility index (Phi) is 13.9. The van der Waals surface area contributed by atoms with Crippen molar-refractivity contribution in [2.24, 2.45) is 10.9 Å². The minimum atomic E-state index is -2.91. The first-order chi connectivity index (χ1) is 11.8. The van der Waals surface area contributed by atoms with Gasteiger partial charge in [-0.1, -0.05) is 6.92 Å². The van der Waals surface area contributed by atoms with Crippen molar-refractivity contribution in [3.05, 3.63) is 0 Å². The average molecular weight is 503 g/mol. The molecule has 0 aromatic rings. The zero-order valence-electron chi connectivity index (χ0n) is 17.0. The molecule has 1 aliphatic rings. The number of sulfone groups is 1. The van der Waals surface area contributed by atoms with E-state index >= 15 is 0 Å². The van der Waals surface area contributed by atoms with Gasteiger partial charge < -0.3 is 15.5 Å². The number of halogens is 1. The summed E-state index contributed by atoms with van der Waals surface area (Å²) in [6.45, 7) is 11.6. The van der Waals surface area contributed by atoms with Gasteiger partial charge in [-0.15, -0.1) is 24.0 Å². The highest BCUT2D eigenvalue weighted by Crippen LogP contribution is 2.15. The molecule has 0 bridgehead atoms. The fraction of sp³-hybridized carbons (Fsp3) is 0.944. The van der Waals surface area contributed by atoms with Crippen molar-refractivity contribution in [1.82, 2.24) is 15.5 Å². The molecule has 0 spiro atoms. The highest BCUT2D eigenvalue weighted by molar-refractivity contribution is 14.0. The third kappa shape index (κ3) is 13.1. The monoisotopic (exact) mass is 502 g/mol. The number of hydrogen-bond acceptors (Lipinski definition) is 4. The summed E-state index contributed by atoms with van der Waals surface area (Å²) in [6, 6.07) is 0.0855. The Balaban J connectivity index is 0.00000625. The molecule has 1 fully saturated rings. The number of unbranched alkanes of at least 4 members (excludes halogenated alkanes) is 1. The summed E-state index contributed by atoms with van der Waals surface area (Å²) >= 11 is 0. The molecule has 1 rings (SSSR count). The summed E-state index contributed by atoms with van der Waals surface area (Å²) in [6.07, 6.45) is 6.84. The molecule has 0 saturated carbocycles. The van der Waals surface area contributed by atoms with Crippen LogP contribution in [0.1, 0.15) is 52.9 Å². The Morgan fingerprint density at radius 1 is 1.35 bits per heavy atom. The van der Waals surface area contributed by atoms with Crippen LogP contribution in [-0.4, -0.2) is 70.1 Å². The number of rotatable bonds is 10. The Morgan fingerprint density at radius 3 is 2.69 bits per heavy atom. The fourth-order valence-electron chi connectivity index (χ4n) is 3.14. The quantitative estimate of drug-likeness (QED) is 0.208. The SMILES string of the molecule is CCNC(=NCCCCN1CCCC(C)C1)NC(C)CCS(C)(=O)=O.I. The molecule has 2 unspecified atom stereocenters. The molecule has 6 nitrogen and oxygen atoms in total. The van der Waals surface area contributed by atoms with Gasteiger partial charge in [0, 0.05) is 31.9 Å². The molecule has 1 saturated heterocycles. The van der Waals surface area contributed by atoms with Crippen LogP contribution < -0.4 is 10.6 Å². The maximum atomic E-state index is 11.3. The van der Waals surface area contributed by atoms with Crippen molar-refractivity contribution in [2.75, 3.05) is 44.7 Å². The average Bonchev–Trinajstić information content (AvgIpc) is 2.52. The van der Waals surface area contributed by atoms with Crippen molar-refractivity contribution in [1.29, 1.82) is 0 Å². The number of likely N-dealkylation sites (tertiary alicyclic amines) is 1. The molecule has 1 aliphatic heterocycles. The maximum absolute atomic E-state index is 11.3. The van der Waals surface area contributed by atoms with Gasteiger partial charge in [0.25, 0.3) is 0 Å². The predicted octanol–water partition coefficient (Wildman–Crippen LogP) is 2.49. The first-order valence-electron chi connectivity index (χ1n) is 9.75. The van der Waals surface area contributed by atoms with Crippen LogP contribution in [0, 0.1) is 5.92 Å². The van der Waals surface area contributed by atoms with Gasteiger partial charge in [0.2, 0.25) is 0 Å². The number of aliphatic imine (C=N–C) groups is 1. The molecule has 0 amide bonds. The molecule has 156 valence electrons. The van der Waals surface area contributed by atoms with E-state index in [0.29, 0.717) is 6.42 Å². The van der Waals surface area contributed by atoms with Crippen LogP contribution in [0.25, 0.3) is 0 Å². The molecule has 0 aliphatic carbocycles. The van der Waals surface area contributed by atoms with Crippen molar-refractivity contribution >= 4 is 39.8 Å². The third-order valence-corrected chi connectivity index (χ3v) is 5.52. The maximum Gasteiger partial charge on any atom is 0.191 e. The van der Waals surface area contributed by atoms with Crippen LogP contribution >= 0.6 is 24.0 Å². The zero-order chi connectivity index (χ0) is 18.7. The number of nitrogens with zero attached hydrogens (tertiary/aromatic N) is 2. The number of piperidine rings is 1. The molecular formula is C18H39IN4O2S. The first kappa shape index (κ1) is 25.9. The minimum absolute atomic E-state index is 0. The van der Waals surface area contributed by atoms with Crippen molar-refractivity contribution in [2.45, 2.75) is 58.9 Å². The molecule has 2 N–H and O–H groups in total. The second-order valence-electron chi connectivity index (χ2n) is 7.48. The van der Waals surface area contributed by atoms with E-state index in [1.54, 1.807) is 0 Å². The van der Waals surface area contributed by atoms with Gasteiger partial charge in [-0.05, 0) is 65.0 Å². The zero-order valence-corrected chi connectivity index (χ0v) is 20.1. The van der Waals surface area contributed by atoms with E-state index in [2.05, 4.69) is 27.4 Å². The van der Waals surface area contributed by atoms with E-state index in [1.807, 2.05) is 13.8 Å². The van der Waals surface area contributed by atoms with Gasteiger partial charge in [-0.3, -0.25) is 4.99 Å². The van der Waals surface area contributed by atoms with Crippen LogP contribution in [0.3, 0.4) is 0 Å². The van der Waals surface area contributed by atoms with Crippen LogP contribution in [0.5, 0.6) is 0 Å². The Labute approximate surface area is 177 Å². The van der Waals surface area contributed by atoms with Crippen LogP contribution in [0.2, 0.25) is 0 Å². The summed E-state index contributed by atoms with van der Waals surface area (Å²) in [5.74, 6) is 1.83. The van der Waals surface area contributed by atoms with Crippen molar-refractivity contribution < 1.29 is 8.42 Å². The van der Waals surface area contributed by atoms with E-state index < -0.39 is 9.84 Å². The van der Waals surface area contributed by atoms with E-state index in [4.69, 9.17) is 0 Å². The first-order valence-corrected chi connectivity index (χ1v) is 11.8. The smallest absolute Gasteiger partial charge is 0.191 e. The highest BCUT2D eigenvalue weighted by Gasteiger charge is 2.15. The standard InChI is InChI=1S/C18H38N4O2S.HI/c1-5-19-18(21-17(3)10-14-25(4,23)24)20-11-6-7-12-22-13-8-9-16(2)15-22;/h16-17H,5-15H2,1-4H3,(H2,19,20,21);1H. The van der Waals surface area contributed by atoms with Crippen molar-refractivity contribution in [3.8, 4) is 0 Å². The van der Waals surface area contributed by atoms with Gasteiger partial charge >= 0.3 is 0 Å². The lowest BCUT2D eigenvalue weighted by atomic mass is 10.0. The molecule has 2 atom stereocenters. The van der Waals surface area contributed by atoms with Gasteiger partial charge in [0.15, 0.2) is 5.96 Å². The molecule has 8 heteroatoms. The molecule has 0 aromatic heterocycles. The van der Waals surface area contributed by atoms with Crippen molar-refractivity contribution in [3.63, 3.8) is 0 Å². The Bertz CT molecular complexity index is 499. The lowest BCUT2D eigenvalue weighted by Gasteiger charge is -2.30. The highest BCUT2D eigenvalue weighted by atomic mass is 127. The lowest BCUT2D eigenvalue weighted by molar-refractivity contribution is 0.181. The minimum Gasteiger partial charge on any atom is -0.357 e. The Hall–Kier alpha value is -0.0900. The molecule has 0 radical (unpaired) electrons. The van der Waals surface area contributed by atoms with Gasteiger partial charge in [0.05, 0.1) is 5.75 Å². The number of guanidine groups is 1. The topological polar surface area (TPSA) is 73.8 Å². The van der Waals surface area contributed by atoms with Gasteiger partial charge in [0.1, 0.15) is 9.84 Å². The molecule has 0 aromatic carbocycles. The summed E-state index contributed by atoms with van der Waals surface area (Å²) in [4.78, 5) is 7.20. The largest absolute Gasteiger partial charge is 0.357 e. The van der Waals surface area contributed by atoms with E-state index in [1.165, 1.54) is 45.2 Å². The van der Waals surface area contributed by atoms with E-state index in [9.17, 15) is 8.42 Å². The molecule has 26 heavy (non-hydrogen) atoms. The lowest BCUT2D eigenvalue weighted by Crippen LogP contribution is -2.43. The summed E-state index contributed by atoms with van der Waals surface area (Å²) in [7, 11) is -2.91. The normalized spacial score (nSPS) is 20.3. The van der Waals surface area contributed by atoms with Gasteiger partial charge in [-0.25, -0.2) is 8.42 Å². The second-order valence-corrected chi connectivity index (χ2v) is 9.74. The number of nitrogens with one attached hydrogen (secondary N) is 2. The number of hydrogen-bond donors (Lipinski definition) is 2. The van der Waals surface area contributed by atoms with Crippen LogP contribution in [0.4, 0.5) is 0 Å². The summed E-state index contributed by atoms with van der Waals surface area (Å²) in [5, 5.41) is 6.54. The summed E-state index contributed by atoms with van der Waals surface area (Å²) < 4.78 is 22.5. The molecule has 1 heterocycles.